The topological polar surface area (TPSA) is 64.3 Å². The minimum Gasteiger partial charge on any atom is -0.462 e. The average Bonchev–Trinajstić information content (AvgIpc) is 2.40. The first-order valence-electron chi connectivity index (χ1n) is 7.67. The standard InChI is InChI=1S/C17H28N2O2/c1-6-21-17(20)13-7-8-15(18)16(9-13)19-10-14(11(2)3)12(4)5/h7-9,11-12,14,19H,6,10,18H2,1-5H3. The molecule has 1 rings (SSSR count). The molecule has 1 aromatic carbocycles. The van der Waals surface area contributed by atoms with Crippen molar-refractivity contribution in [2.75, 3.05) is 24.2 Å². The van der Waals surface area contributed by atoms with Gasteiger partial charge in [-0.15, -0.1) is 0 Å². The van der Waals surface area contributed by atoms with Crippen LogP contribution in [0.5, 0.6) is 0 Å². The zero-order valence-corrected chi connectivity index (χ0v) is 13.8. The summed E-state index contributed by atoms with van der Waals surface area (Å²) in [6.07, 6.45) is 0. The molecule has 0 fully saturated rings. The van der Waals surface area contributed by atoms with E-state index in [9.17, 15) is 4.79 Å². The van der Waals surface area contributed by atoms with Crippen LogP contribution in [0.15, 0.2) is 18.2 Å². The third-order valence-corrected chi connectivity index (χ3v) is 3.81. The normalized spacial score (nSPS) is 11.2. The molecule has 0 heterocycles. The highest BCUT2D eigenvalue weighted by atomic mass is 16.5. The highest BCUT2D eigenvalue weighted by Gasteiger charge is 2.18. The second-order valence-corrected chi connectivity index (χ2v) is 6.06. The lowest BCUT2D eigenvalue weighted by Gasteiger charge is -2.26. The minimum absolute atomic E-state index is 0.315. The Kier molecular flexibility index (Phi) is 6.53. The first-order chi connectivity index (χ1) is 9.86. The number of hydrogen-bond acceptors (Lipinski definition) is 4. The van der Waals surface area contributed by atoms with E-state index in [1.54, 1.807) is 25.1 Å². The van der Waals surface area contributed by atoms with Gasteiger partial charge in [0, 0.05) is 6.54 Å². The molecule has 3 N–H and O–H groups in total. The minimum atomic E-state index is -0.315. The Labute approximate surface area is 128 Å². The van der Waals surface area contributed by atoms with Crippen LogP contribution in [-0.2, 0) is 4.74 Å². The lowest BCUT2D eigenvalue weighted by molar-refractivity contribution is 0.0526. The van der Waals surface area contributed by atoms with E-state index in [-0.39, 0.29) is 5.97 Å². The molecule has 0 saturated heterocycles. The number of carbonyl (C=O) groups is 1. The predicted octanol–water partition coefficient (Wildman–Crippen LogP) is 3.79. The van der Waals surface area contributed by atoms with Crippen molar-refractivity contribution in [3.8, 4) is 0 Å². The zero-order valence-electron chi connectivity index (χ0n) is 13.8. The molecular weight excluding hydrogens is 264 g/mol. The van der Waals surface area contributed by atoms with E-state index in [0.29, 0.717) is 35.6 Å². The molecule has 0 atom stereocenters. The number of carbonyl (C=O) groups excluding carboxylic acids is 1. The van der Waals surface area contributed by atoms with E-state index in [1.165, 1.54) is 0 Å². The number of hydrogen-bond donors (Lipinski definition) is 2. The summed E-state index contributed by atoms with van der Waals surface area (Å²) in [5.41, 5.74) is 7.96. The van der Waals surface area contributed by atoms with Gasteiger partial charge in [-0.2, -0.15) is 0 Å². The van der Waals surface area contributed by atoms with Crippen LogP contribution in [0.2, 0.25) is 0 Å². The first-order valence-corrected chi connectivity index (χ1v) is 7.67. The van der Waals surface area contributed by atoms with Gasteiger partial charge in [-0.05, 0) is 42.9 Å². The highest BCUT2D eigenvalue weighted by Crippen LogP contribution is 2.25. The number of ether oxygens (including phenoxy) is 1. The molecule has 4 nitrogen and oxygen atoms in total. The maximum absolute atomic E-state index is 11.8. The van der Waals surface area contributed by atoms with E-state index < -0.39 is 0 Å². The Balaban J connectivity index is 2.82. The van der Waals surface area contributed by atoms with Gasteiger partial charge in [0.1, 0.15) is 0 Å². The Morgan fingerprint density at radius 1 is 1.24 bits per heavy atom. The van der Waals surface area contributed by atoms with Crippen molar-refractivity contribution in [3.63, 3.8) is 0 Å². The van der Waals surface area contributed by atoms with E-state index >= 15 is 0 Å². The number of nitrogens with one attached hydrogen (secondary N) is 1. The molecule has 0 aliphatic heterocycles. The highest BCUT2D eigenvalue weighted by molar-refractivity contribution is 5.92. The SMILES string of the molecule is CCOC(=O)c1ccc(N)c(NCC(C(C)C)C(C)C)c1. The smallest absolute Gasteiger partial charge is 0.338 e. The predicted molar refractivity (Wildman–Crippen MR) is 88.5 cm³/mol. The maximum Gasteiger partial charge on any atom is 0.338 e. The summed E-state index contributed by atoms with van der Waals surface area (Å²) < 4.78 is 5.02. The van der Waals surface area contributed by atoms with Gasteiger partial charge in [-0.25, -0.2) is 4.79 Å². The van der Waals surface area contributed by atoms with Crippen molar-refractivity contribution in [3.05, 3.63) is 23.8 Å². The summed E-state index contributed by atoms with van der Waals surface area (Å²) in [7, 11) is 0. The number of esters is 1. The Morgan fingerprint density at radius 2 is 1.86 bits per heavy atom. The van der Waals surface area contributed by atoms with Crippen LogP contribution in [0.1, 0.15) is 45.0 Å². The lowest BCUT2D eigenvalue weighted by atomic mass is 9.85. The molecule has 0 radical (unpaired) electrons. The molecule has 118 valence electrons. The van der Waals surface area contributed by atoms with E-state index in [0.717, 1.165) is 12.2 Å². The summed E-state index contributed by atoms with van der Waals surface area (Å²) in [4.78, 5) is 11.8. The van der Waals surface area contributed by atoms with Gasteiger partial charge < -0.3 is 15.8 Å². The molecule has 0 unspecified atom stereocenters. The van der Waals surface area contributed by atoms with E-state index in [2.05, 4.69) is 33.0 Å². The van der Waals surface area contributed by atoms with Crippen LogP contribution in [0, 0.1) is 17.8 Å². The molecule has 0 aliphatic carbocycles. The Bertz CT molecular complexity index is 462. The van der Waals surface area contributed by atoms with E-state index in [4.69, 9.17) is 10.5 Å². The second kappa shape index (κ2) is 7.91. The van der Waals surface area contributed by atoms with Crippen LogP contribution in [-0.4, -0.2) is 19.1 Å². The van der Waals surface area contributed by atoms with Gasteiger partial charge in [-0.3, -0.25) is 0 Å². The van der Waals surface area contributed by atoms with Crippen LogP contribution < -0.4 is 11.1 Å². The van der Waals surface area contributed by atoms with Gasteiger partial charge in [0.25, 0.3) is 0 Å². The summed E-state index contributed by atoms with van der Waals surface area (Å²) in [6.45, 7) is 11.9. The van der Waals surface area contributed by atoms with Crippen molar-refractivity contribution < 1.29 is 9.53 Å². The third kappa shape index (κ3) is 4.96. The average molecular weight is 292 g/mol. The Hall–Kier alpha value is -1.71. The molecule has 0 aliphatic rings. The third-order valence-electron chi connectivity index (χ3n) is 3.81. The quantitative estimate of drug-likeness (QED) is 0.593. The fourth-order valence-electron chi connectivity index (χ4n) is 2.52. The van der Waals surface area contributed by atoms with Crippen molar-refractivity contribution in [1.82, 2.24) is 0 Å². The van der Waals surface area contributed by atoms with Crippen molar-refractivity contribution in [1.29, 1.82) is 0 Å². The van der Waals surface area contributed by atoms with Crippen molar-refractivity contribution in [2.45, 2.75) is 34.6 Å². The van der Waals surface area contributed by atoms with Gasteiger partial charge in [-0.1, -0.05) is 27.7 Å². The fourth-order valence-corrected chi connectivity index (χ4v) is 2.52. The van der Waals surface area contributed by atoms with Gasteiger partial charge in [0.15, 0.2) is 0 Å². The lowest BCUT2D eigenvalue weighted by Crippen LogP contribution is -2.25. The van der Waals surface area contributed by atoms with Crippen LogP contribution in [0.3, 0.4) is 0 Å². The van der Waals surface area contributed by atoms with Gasteiger partial charge >= 0.3 is 5.97 Å². The van der Waals surface area contributed by atoms with Crippen LogP contribution in [0.4, 0.5) is 11.4 Å². The molecule has 0 saturated carbocycles. The Morgan fingerprint density at radius 3 is 2.38 bits per heavy atom. The fraction of sp³-hybridized carbons (Fsp3) is 0.588. The second-order valence-electron chi connectivity index (χ2n) is 6.06. The van der Waals surface area contributed by atoms with Crippen molar-refractivity contribution >= 4 is 17.3 Å². The van der Waals surface area contributed by atoms with Gasteiger partial charge in [0.2, 0.25) is 0 Å². The molecule has 1 aromatic rings. The van der Waals surface area contributed by atoms with E-state index in [1.807, 2.05) is 0 Å². The summed E-state index contributed by atoms with van der Waals surface area (Å²) in [6, 6.07) is 5.21. The summed E-state index contributed by atoms with van der Waals surface area (Å²) in [5, 5.41) is 3.38. The van der Waals surface area contributed by atoms with Crippen LogP contribution in [0.25, 0.3) is 0 Å². The monoisotopic (exact) mass is 292 g/mol. The molecule has 0 aromatic heterocycles. The number of nitrogens with two attached hydrogens (primary N) is 1. The number of rotatable bonds is 7. The molecule has 0 amide bonds. The number of nitrogen functional groups attached to an aromatic ring is 1. The van der Waals surface area contributed by atoms with Crippen LogP contribution >= 0.6 is 0 Å². The number of anilines is 2. The summed E-state index contributed by atoms with van der Waals surface area (Å²) >= 11 is 0. The van der Waals surface area contributed by atoms with Crippen molar-refractivity contribution in [2.24, 2.45) is 17.8 Å². The molecular formula is C17H28N2O2. The molecule has 0 bridgehead atoms. The first kappa shape index (κ1) is 17.3. The zero-order chi connectivity index (χ0) is 16.0. The maximum atomic E-state index is 11.8. The molecule has 4 heteroatoms. The largest absolute Gasteiger partial charge is 0.462 e. The summed E-state index contributed by atoms with van der Waals surface area (Å²) in [5.74, 6) is 1.42. The number of benzene rings is 1. The molecule has 0 spiro atoms. The van der Waals surface area contributed by atoms with Gasteiger partial charge in [0.05, 0.1) is 23.5 Å². The molecule has 21 heavy (non-hydrogen) atoms.